The van der Waals surface area contributed by atoms with Crippen LogP contribution in [-0.2, 0) is 9.59 Å². The van der Waals surface area contributed by atoms with E-state index < -0.39 is 0 Å². The minimum atomic E-state index is -0.198. The van der Waals surface area contributed by atoms with Gasteiger partial charge in [-0.15, -0.1) is 0 Å². The lowest BCUT2D eigenvalue weighted by Crippen LogP contribution is -2.45. The van der Waals surface area contributed by atoms with E-state index in [0.29, 0.717) is 36.8 Å². The molecular formula is C22H26N4O4. The zero-order valence-corrected chi connectivity index (χ0v) is 16.9. The molecule has 1 unspecified atom stereocenters. The number of hydrogen-bond acceptors (Lipinski definition) is 5. The highest BCUT2D eigenvalue weighted by atomic mass is 16.3. The third-order valence-electron chi connectivity index (χ3n) is 7.02. The first-order chi connectivity index (χ1) is 14.5. The second kappa shape index (κ2) is 7.41. The molecule has 4 heterocycles. The van der Waals surface area contributed by atoms with E-state index in [1.54, 1.807) is 23.4 Å². The average molecular weight is 410 g/mol. The van der Waals surface area contributed by atoms with Gasteiger partial charge in [-0.3, -0.25) is 19.4 Å². The standard InChI is InChI=1S/C22H26N4O4/c27-19-2-1-7-26(19)14-20(28)25-8-4-22(5-9-25)11-16(22)12-24-21(29)17-10-15-3-6-23-13-18(15)30-17/h3,6,10,13,16H,1-2,4-5,7-9,11-12,14H2,(H,24,29). The van der Waals surface area contributed by atoms with Crippen molar-refractivity contribution in [2.45, 2.75) is 32.1 Å². The summed E-state index contributed by atoms with van der Waals surface area (Å²) in [4.78, 5) is 44.3. The Hall–Kier alpha value is -2.90. The van der Waals surface area contributed by atoms with E-state index in [4.69, 9.17) is 4.42 Å². The fraction of sp³-hybridized carbons (Fsp3) is 0.545. The Morgan fingerprint density at radius 1 is 1.27 bits per heavy atom. The van der Waals surface area contributed by atoms with Crippen LogP contribution in [-0.4, -0.2) is 65.2 Å². The highest BCUT2D eigenvalue weighted by Gasteiger charge is 2.54. The fourth-order valence-electron chi connectivity index (χ4n) is 4.97. The van der Waals surface area contributed by atoms with Gasteiger partial charge in [0.2, 0.25) is 11.8 Å². The molecule has 1 saturated carbocycles. The van der Waals surface area contributed by atoms with Crippen LogP contribution in [0.4, 0.5) is 0 Å². The molecule has 1 aliphatic carbocycles. The number of amides is 3. The van der Waals surface area contributed by atoms with Gasteiger partial charge in [-0.1, -0.05) is 0 Å². The van der Waals surface area contributed by atoms with Crippen LogP contribution in [0.5, 0.6) is 0 Å². The minimum Gasteiger partial charge on any atom is -0.449 e. The van der Waals surface area contributed by atoms with E-state index in [1.165, 1.54) is 0 Å². The normalized spacial score (nSPS) is 22.7. The van der Waals surface area contributed by atoms with Gasteiger partial charge in [-0.05, 0) is 49.1 Å². The molecule has 158 valence electrons. The second-order valence-electron chi connectivity index (χ2n) is 8.80. The van der Waals surface area contributed by atoms with Gasteiger partial charge in [-0.25, -0.2) is 0 Å². The first-order valence-electron chi connectivity index (χ1n) is 10.7. The summed E-state index contributed by atoms with van der Waals surface area (Å²) in [6, 6.07) is 3.56. The second-order valence-corrected chi connectivity index (χ2v) is 8.80. The quantitative estimate of drug-likeness (QED) is 0.811. The maximum Gasteiger partial charge on any atom is 0.287 e. The first-order valence-corrected chi connectivity index (χ1v) is 10.7. The summed E-state index contributed by atoms with van der Waals surface area (Å²) in [6.45, 7) is 3.03. The molecule has 8 nitrogen and oxygen atoms in total. The van der Waals surface area contributed by atoms with Crippen LogP contribution >= 0.6 is 0 Å². The molecule has 1 spiro atoms. The van der Waals surface area contributed by atoms with Crippen molar-refractivity contribution >= 4 is 28.7 Å². The molecule has 3 aliphatic rings. The maximum atomic E-state index is 12.5. The molecule has 0 radical (unpaired) electrons. The summed E-state index contributed by atoms with van der Waals surface area (Å²) in [6.07, 6.45) is 7.71. The molecule has 0 bridgehead atoms. The molecule has 3 fully saturated rings. The molecule has 3 amide bonds. The van der Waals surface area contributed by atoms with Gasteiger partial charge < -0.3 is 19.5 Å². The SMILES string of the molecule is O=C(NCC1CC12CCN(C(=O)CN1CCCC1=O)CC2)c1cc2ccncc2o1. The Morgan fingerprint density at radius 3 is 2.83 bits per heavy atom. The van der Waals surface area contributed by atoms with E-state index in [1.807, 2.05) is 11.0 Å². The number of furan rings is 1. The zero-order valence-electron chi connectivity index (χ0n) is 16.9. The molecule has 30 heavy (non-hydrogen) atoms. The average Bonchev–Trinajstić information content (AvgIpc) is 3.05. The maximum absolute atomic E-state index is 12.5. The third kappa shape index (κ3) is 3.55. The van der Waals surface area contributed by atoms with Crippen molar-refractivity contribution in [2.75, 3.05) is 32.7 Å². The minimum absolute atomic E-state index is 0.0602. The predicted molar refractivity (Wildman–Crippen MR) is 109 cm³/mol. The number of nitrogens with zero attached hydrogens (tertiary/aromatic N) is 3. The Balaban J connectivity index is 1.09. The number of piperidine rings is 1. The number of pyridine rings is 1. The fourth-order valence-corrected chi connectivity index (χ4v) is 4.97. The highest BCUT2D eigenvalue weighted by Crippen LogP contribution is 2.59. The van der Waals surface area contributed by atoms with Crippen molar-refractivity contribution in [3.8, 4) is 0 Å². The van der Waals surface area contributed by atoms with Gasteiger partial charge >= 0.3 is 0 Å². The van der Waals surface area contributed by atoms with Crippen molar-refractivity contribution in [1.82, 2.24) is 20.1 Å². The molecule has 1 atom stereocenters. The Morgan fingerprint density at radius 2 is 2.10 bits per heavy atom. The van der Waals surface area contributed by atoms with Crippen LogP contribution in [0.2, 0.25) is 0 Å². The van der Waals surface area contributed by atoms with Crippen LogP contribution in [0, 0.1) is 11.3 Å². The van der Waals surface area contributed by atoms with Crippen LogP contribution in [0.3, 0.4) is 0 Å². The molecular weight excluding hydrogens is 384 g/mol. The van der Waals surface area contributed by atoms with Crippen LogP contribution in [0.15, 0.2) is 28.9 Å². The lowest BCUT2D eigenvalue weighted by molar-refractivity contribution is -0.139. The van der Waals surface area contributed by atoms with Crippen molar-refractivity contribution in [1.29, 1.82) is 0 Å². The largest absolute Gasteiger partial charge is 0.449 e. The molecule has 8 heteroatoms. The van der Waals surface area contributed by atoms with E-state index in [0.717, 1.165) is 44.2 Å². The Bertz CT molecular complexity index is 959. The molecule has 1 N–H and O–H groups in total. The smallest absolute Gasteiger partial charge is 0.287 e. The number of nitrogens with one attached hydrogen (secondary N) is 1. The van der Waals surface area contributed by atoms with Crippen molar-refractivity contribution < 1.29 is 18.8 Å². The van der Waals surface area contributed by atoms with Gasteiger partial charge in [0, 0.05) is 44.2 Å². The van der Waals surface area contributed by atoms with E-state index in [-0.39, 0.29) is 29.7 Å². The third-order valence-corrected chi connectivity index (χ3v) is 7.02. The lowest BCUT2D eigenvalue weighted by Gasteiger charge is -2.34. The van der Waals surface area contributed by atoms with Gasteiger partial charge in [-0.2, -0.15) is 0 Å². The Labute approximate surface area is 174 Å². The summed E-state index contributed by atoms with van der Waals surface area (Å²) < 4.78 is 5.58. The number of carbonyl (C=O) groups excluding carboxylic acids is 3. The molecule has 2 aliphatic heterocycles. The summed E-state index contributed by atoms with van der Waals surface area (Å²) in [5, 5.41) is 3.87. The van der Waals surface area contributed by atoms with Crippen LogP contribution in [0.1, 0.15) is 42.7 Å². The topological polar surface area (TPSA) is 95.8 Å². The number of carbonyl (C=O) groups is 3. The predicted octanol–water partition coefficient (Wildman–Crippen LogP) is 1.81. The van der Waals surface area contributed by atoms with Crippen LogP contribution < -0.4 is 5.32 Å². The Kier molecular flexibility index (Phi) is 4.72. The molecule has 0 aromatic carbocycles. The van der Waals surface area contributed by atoms with Crippen molar-refractivity contribution in [3.63, 3.8) is 0 Å². The van der Waals surface area contributed by atoms with E-state index in [9.17, 15) is 14.4 Å². The summed E-state index contributed by atoms with van der Waals surface area (Å²) in [5.41, 5.74) is 0.851. The number of fused-ring (bicyclic) bond motifs is 1. The summed E-state index contributed by atoms with van der Waals surface area (Å²) in [5.74, 6) is 0.714. The molecule has 2 aromatic heterocycles. The van der Waals surface area contributed by atoms with Gasteiger partial charge in [0.15, 0.2) is 11.3 Å². The molecule has 5 rings (SSSR count). The highest BCUT2D eigenvalue weighted by molar-refractivity contribution is 5.95. The number of rotatable bonds is 5. The molecule has 2 saturated heterocycles. The number of likely N-dealkylation sites (tertiary alicyclic amines) is 2. The summed E-state index contributed by atoms with van der Waals surface area (Å²) >= 11 is 0. The van der Waals surface area contributed by atoms with Crippen LogP contribution in [0.25, 0.3) is 11.0 Å². The van der Waals surface area contributed by atoms with E-state index in [2.05, 4.69) is 10.3 Å². The lowest BCUT2D eigenvalue weighted by atomic mass is 9.90. The first kappa shape index (κ1) is 19.1. The monoisotopic (exact) mass is 410 g/mol. The zero-order chi connectivity index (χ0) is 20.7. The molecule has 2 aromatic rings. The van der Waals surface area contributed by atoms with Gasteiger partial charge in [0.1, 0.15) is 0 Å². The number of aromatic nitrogens is 1. The van der Waals surface area contributed by atoms with Crippen molar-refractivity contribution in [2.24, 2.45) is 11.3 Å². The number of hydrogen-bond donors (Lipinski definition) is 1. The van der Waals surface area contributed by atoms with E-state index >= 15 is 0 Å². The van der Waals surface area contributed by atoms with Gasteiger partial charge in [0.25, 0.3) is 5.91 Å². The van der Waals surface area contributed by atoms with Gasteiger partial charge in [0.05, 0.1) is 12.7 Å². The summed E-state index contributed by atoms with van der Waals surface area (Å²) in [7, 11) is 0. The van der Waals surface area contributed by atoms with Crippen molar-refractivity contribution in [3.05, 3.63) is 30.3 Å².